The molecule has 1 amide bonds. The number of amides is 1. The molecule has 0 radical (unpaired) electrons. The molecule has 2 atom stereocenters. The summed E-state index contributed by atoms with van der Waals surface area (Å²) in [6.45, 7) is 0. The van der Waals surface area contributed by atoms with E-state index in [-0.39, 0.29) is 10.6 Å². The first-order chi connectivity index (χ1) is 10.1. The number of benzene rings is 2. The molecule has 3 nitrogen and oxygen atoms in total. The zero-order valence-electron chi connectivity index (χ0n) is 11.0. The Bertz CT molecular complexity index is 704. The Hall–Kier alpha value is -1.91. The summed E-state index contributed by atoms with van der Waals surface area (Å²) >= 11 is 5.68. The lowest BCUT2D eigenvalue weighted by molar-refractivity contribution is 0.0854. The highest BCUT2D eigenvalue weighted by Gasteiger charge is 2.32. The Kier molecular flexibility index (Phi) is 3.66. The molecule has 0 aliphatic heterocycles. The first-order valence-electron chi connectivity index (χ1n) is 6.58. The molecule has 0 unspecified atom stereocenters. The van der Waals surface area contributed by atoms with Gasteiger partial charge in [-0.05, 0) is 23.3 Å². The van der Waals surface area contributed by atoms with Crippen LogP contribution in [0.3, 0.4) is 0 Å². The largest absolute Gasteiger partial charge is 0.390 e. The van der Waals surface area contributed by atoms with Crippen LogP contribution in [0.5, 0.6) is 0 Å². The summed E-state index contributed by atoms with van der Waals surface area (Å²) in [5.41, 5.74) is 1.72. The van der Waals surface area contributed by atoms with E-state index in [0.717, 1.165) is 11.1 Å². The number of nitrogens with one attached hydrogen (secondary N) is 1. The second-order valence-corrected chi connectivity index (χ2v) is 5.43. The molecule has 2 aromatic rings. The van der Waals surface area contributed by atoms with Gasteiger partial charge in [0.25, 0.3) is 5.91 Å². The minimum Gasteiger partial charge on any atom is -0.390 e. The number of aliphatic hydroxyl groups excluding tert-OH is 1. The molecule has 1 aliphatic rings. The molecule has 0 heterocycles. The Morgan fingerprint density at radius 1 is 1.24 bits per heavy atom. The van der Waals surface area contributed by atoms with Gasteiger partial charge in [0.1, 0.15) is 0 Å². The summed E-state index contributed by atoms with van der Waals surface area (Å²) < 4.78 is 13.9. The van der Waals surface area contributed by atoms with Gasteiger partial charge < -0.3 is 10.4 Å². The van der Waals surface area contributed by atoms with Crippen molar-refractivity contribution in [2.24, 2.45) is 0 Å². The third-order valence-corrected chi connectivity index (χ3v) is 3.98. The molecule has 0 saturated heterocycles. The van der Waals surface area contributed by atoms with Gasteiger partial charge in [0, 0.05) is 6.42 Å². The van der Waals surface area contributed by atoms with E-state index < -0.39 is 23.9 Å². The molecule has 0 spiro atoms. The van der Waals surface area contributed by atoms with Gasteiger partial charge in [0.05, 0.1) is 22.7 Å². The van der Waals surface area contributed by atoms with Crippen LogP contribution in [0.2, 0.25) is 5.02 Å². The van der Waals surface area contributed by atoms with Gasteiger partial charge >= 0.3 is 0 Å². The fourth-order valence-corrected chi connectivity index (χ4v) is 2.82. The van der Waals surface area contributed by atoms with Crippen LogP contribution < -0.4 is 5.32 Å². The number of aliphatic hydroxyl groups is 1. The van der Waals surface area contributed by atoms with Crippen LogP contribution >= 0.6 is 11.6 Å². The molecule has 0 fully saturated rings. The van der Waals surface area contributed by atoms with Gasteiger partial charge in [-0.2, -0.15) is 0 Å². The minimum atomic E-state index is -0.752. The van der Waals surface area contributed by atoms with Gasteiger partial charge in [0.2, 0.25) is 0 Å². The van der Waals surface area contributed by atoms with Crippen molar-refractivity contribution in [3.63, 3.8) is 0 Å². The minimum absolute atomic E-state index is 0.102. The monoisotopic (exact) mass is 305 g/mol. The number of hydrogen-bond donors (Lipinski definition) is 2. The molecule has 0 saturated carbocycles. The van der Waals surface area contributed by atoms with E-state index in [2.05, 4.69) is 5.32 Å². The quantitative estimate of drug-likeness (QED) is 0.896. The number of halogens is 2. The summed E-state index contributed by atoms with van der Waals surface area (Å²) in [7, 11) is 0. The van der Waals surface area contributed by atoms with E-state index >= 15 is 0 Å². The van der Waals surface area contributed by atoms with Crippen LogP contribution in [-0.4, -0.2) is 17.1 Å². The molecule has 5 heteroatoms. The van der Waals surface area contributed by atoms with Gasteiger partial charge in [-0.1, -0.05) is 41.9 Å². The SMILES string of the molecule is O=C(N[C@@H]1c2ccccc2C[C@@H]1O)c1cccc(Cl)c1F. The maximum absolute atomic E-state index is 13.9. The van der Waals surface area contributed by atoms with Gasteiger partial charge in [-0.3, -0.25) is 4.79 Å². The number of carbonyl (C=O) groups excluding carboxylic acids is 1. The molecule has 0 bridgehead atoms. The van der Waals surface area contributed by atoms with Crippen LogP contribution in [0.1, 0.15) is 27.5 Å². The van der Waals surface area contributed by atoms with Gasteiger partial charge in [-0.15, -0.1) is 0 Å². The lowest BCUT2D eigenvalue weighted by atomic mass is 10.1. The van der Waals surface area contributed by atoms with Crippen molar-refractivity contribution in [3.8, 4) is 0 Å². The smallest absolute Gasteiger partial charge is 0.254 e. The molecule has 0 aromatic heterocycles. The van der Waals surface area contributed by atoms with E-state index in [1.165, 1.54) is 18.2 Å². The van der Waals surface area contributed by atoms with E-state index in [1.54, 1.807) is 0 Å². The van der Waals surface area contributed by atoms with Crippen LogP contribution in [0.25, 0.3) is 0 Å². The van der Waals surface area contributed by atoms with E-state index in [0.29, 0.717) is 6.42 Å². The lowest BCUT2D eigenvalue weighted by Crippen LogP contribution is -2.34. The Labute approximate surface area is 126 Å². The second kappa shape index (κ2) is 5.47. The number of fused-ring (bicyclic) bond motifs is 1. The maximum atomic E-state index is 13.9. The molecule has 2 N–H and O–H groups in total. The van der Waals surface area contributed by atoms with Crippen molar-refractivity contribution >= 4 is 17.5 Å². The van der Waals surface area contributed by atoms with E-state index in [1.807, 2.05) is 24.3 Å². The third kappa shape index (κ3) is 2.52. The topological polar surface area (TPSA) is 49.3 Å². The Morgan fingerprint density at radius 2 is 2.00 bits per heavy atom. The van der Waals surface area contributed by atoms with Crippen molar-refractivity contribution in [2.45, 2.75) is 18.6 Å². The number of carbonyl (C=O) groups is 1. The highest BCUT2D eigenvalue weighted by molar-refractivity contribution is 6.31. The Morgan fingerprint density at radius 3 is 2.81 bits per heavy atom. The van der Waals surface area contributed by atoms with Crippen LogP contribution in [-0.2, 0) is 6.42 Å². The first-order valence-corrected chi connectivity index (χ1v) is 6.96. The molecule has 1 aliphatic carbocycles. The molecule has 2 aromatic carbocycles. The number of rotatable bonds is 2. The molecule has 21 heavy (non-hydrogen) atoms. The van der Waals surface area contributed by atoms with Crippen molar-refractivity contribution in [2.75, 3.05) is 0 Å². The zero-order valence-corrected chi connectivity index (χ0v) is 11.8. The molecular weight excluding hydrogens is 293 g/mol. The first kappa shape index (κ1) is 14.0. The van der Waals surface area contributed by atoms with E-state index in [4.69, 9.17) is 11.6 Å². The standard InChI is InChI=1S/C16H13ClFNO2/c17-12-7-3-6-11(14(12)18)16(21)19-15-10-5-2-1-4-9(10)8-13(15)20/h1-7,13,15,20H,8H2,(H,19,21)/t13-,15+/m0/s1. The fraction of sp³-hybridized carbons (Fsp3) is 0.188. The average molecular weight is 306 g/mol. The average Bonchev–Trinajstić information content (AvgIpc) is 2.78. The summed E-state index contributed by atoms with van der Waals surface area (Å²) in [4.78, 5) is 12.2. The molecule has 108 valence electrons. The van der Waals surface area contributed by atoms with Gasteiger partial charge in [0.15, 0.2) is 5.82 Å². The van der Waals surface area contributed by atoms with E-state index in [9.17, 15) is 14.3 Å². The van der Waals surface area contributed by atoms with Crippen molar-refractivity contribution in [1.29, 1.82) is 0 Å². The van der Waals surface area contributed by atoms with Crippen LogP contribution in [0.15, 0.2) is 42.5 Å². The summed E-state index contributed by atoms with van der Waals surface area (Å²) in [5, 5.41) is 12.7. The zero-order chi connectivity index (χ0) is 15.0. The Balaban J connectivity index is 1.87. The van der Waals surface area contributed by atoms with Crippen molar-refractivity contribution in [3.05, 3.63) is 70.0 Å². The fourth-order valence-electron chi connectivity index (χ4n) is 2.65. The lowest BCUT2D eigenvalue weighted by Gasteiger charge is -2.18. The summed E-state index contributed by atoms with van der Waals surface area (Å²) in [6, 6.07) is 11.2. The highest BCUT2D eigenvalue weighted by atomic mass is 35.5. The predicted octanol–water partition coefficient (Wildman–Crippen LogP) is 2.87. The van der Waals surface area contributed by atoms with Crippen molar-refractivity contribution in [1.82, 2.24) is 5.32 Å². The van der Waals surface area contributed by atoms with Crippen molar-refractivity contribution < 1.29 is 14.3 Å². The maximum Gasteiger partial charge on any atom is 0.254 e. The predicted molar refractivity (Wildman–Crippen MR) is 77.8 cm³/mol. The summed E-state index contributed by atoms with van der Waals surface area (Å²) in [5.74, 6) is -1.34. The van der Waals surface area contributed by atoms with Gasteiger partial charge in [-0.25, -0.2) is 4.39 Å². The third-order valence-electron chi connectivity index (χ3n) is 3.69. The number of hydrogen-bond acceptors (Lipinski definition) is 2. The summed E-state index contributed by atoms with van der Waals surface area (Å²) in [6.07, 6.45) is -0.243. The second-order valence-electron chi connectivity index (χ2n) is 5.02. The van der Waals surface area contributed by atoms with Crippen LogP contribution in [0, 0.1) is 5.82 Å². The van der Waals surface area contributed by atoms with Crippen LogP contribution in [0.4, 0.5) is 4.39 Å². The highest BCUT2D eigenvalue weighted by Crippen LogP contribution is 2.31. The molecular formula is C16H13ClFNO2. The molecule has 3 rings (SSSR count). The normalized spacial score (nSPS) is 20.1.